The van der Waals surface area contributed by atoms with E-state index in [-0.39, 0.29) is 10.6 Å². The Morgan fingerprint density at radius 2 is 1.88 bits per heavy atom. The number of hydrogen-bond acceptors (Lipinski definition) is 6. The third kappa shape index (κ3) is 5.52. The van der Waals surface area contributed by atoms with Gasteiger partial charge in [0.05, 0.1) is 10.6 Å². The van der Waals surface area contributed by atoms with E-state index in [1.165, 1.54) is 17.8 Å². The van der Waals surface area contributed by atoms with Crippen LogP contribution in [0.25, 0.3) is 6.08 Å². The minimum atomic E-state index is -0.963. The lowest BCUT2D eigenvalue weighted by molar-refractivity contribution is -0.127. The number of furan rings is 1. The van der Waals surface area contributed by atoms with E-state index in [1.54, 1.807) is 12.1 Å². The van der Waals surface area contributed by atoms with Crippen LogP contribution in [0.1, 0.15) is 11.3 Å². The molecule has 0 radical (unpaired) electrons. The largest absolute Gasteiger partial charge is 0.450 e. The summed E-state index contributed by atoms with van der Waals surface area (Å²) in [6.07, 6.45) is 1.43. The quantitative estimate of drug-likeness (QED) is 0.451. The van der Waals surface area contributed by atoms with Crippen molar-refractivity contribution < 1.29 is 27.6 Å². The number of hydrogen-bond donors (Lipinski definition) is 1. The van der Waals surface area contributed by atoms with E-state index < -0.39 is 35.2 Å². The Hall–Kier alpha value is -3.37. The normalized spacial score (nSPS) is 14.9. The minimum absolute atomic E-state index is 0.0991. The predicted molar refractivity (Wildman–Crippen MR) is 122 cm³/mol. The second-order valence-corrected chi connectivity index (χ2v) is 9.08. The molecule has 3 amide bonds. The molecule has 0 atom stereocenters. The Balaban J connectivity index is 1.40. The number of amides is 3. The Kier molecular flexibility index (Phi) is 6.66. The molecule has 1 N–H and O–H groups in total. The van der Waals surface area contributed by atoms with E-state index >= 15 is 0 Å². The predicted octanol–water partition coefficient (Wildman–Crippen LogP) is 5.69. The summed E-state index contributed by atoms with van der Waals surface area (Å²) in [6, 6.07) is 14.0. The number of imide groups is 1. The first-order valence-electron chi connectivity index (χ1n) is 9.63. The Labute approximate surface area is 196 Å². The highest BCUT2D eigenvalue weighted by Gasteiger charge is 2.36. The monoisotopic (exact) mass is 486 g/mol. The van der Waals surface area contributed by atoms with Gasteiger partial charge < -0.3 is 9.73 Å². The molecule has 1 fully saturated rings. The van der Waals surface area contributed by atoms with Gasteiger partial charge in [-0.3, -0.25) is 19.3 Å². The van der Waals surface area contributed by atoms with Crippen LogP contribution < -0.4 is 5.32 Å². The molecule has 10 heteroatoms. The van der Waals surface area contributed by atoms with Gasteiger partial charge >= 0.3 is 0 Å². The third-order valence-corrected chi connectivity index (χ3v) is 6.33. The zero-order chi connectivity index (χ0) is 23.5. The fraction of sp³-hybridized carbons (Fsp3) is 0.0870. The number of nitrogens with one attached hydrogen (secondary N) is 1. The van der Waals surface area contributed by atoms with E-state index in [9.17, 15) is 23.2 Å². The van der Waals surface area contributed by atoms with Gasteiger partial charge in [0, 0.05) is 17.0 Å². The summed E-state index contributed by atoms with van der Waals surface area (Å²) in [6.45, 7) is 1.39. The van der Waals surface area contributed by atoms with Crippen LogP contribution in [-0.2, 0) is 9.59 Å². The number of anilines is 1. The van der Waals surface area contributed by atoms with Gasteiger partial charge in [0.1, 0.15) is 23.9 Å². The molecule has 0 saturated carbocycles. The van der Waals surface area contributed by atoms with Crippen LogP contribution in [0, 0.1) is 18.6 Å². The lowest BCUT2D eigenvalue weighted by Crippen LogP contribution is -2.36. The highest BCUT2D eigenvalue weighted by atomic mass is 32.2. The number of thioether (sulfide) groups is 1. The van der Waals surface area contributed by atoms with E-state index in [1.807, 2.05) is 31.2 Å². The maximum absolute atomic E-state index is 13.7. The molecule has 1 aromatic heterocycles. The molecule has 3 aromatic rings. The average molecular weight is 487 g/mol. The van der Waals surface area contributed by atoms with Crippen molar-refractivity contribution in [2.24, 2.45) is 0 Å². The summed E-state index contributed by atoms with van der Waals surface area (Å²) in [5, 5.41) is 2.20. The van der Waals surface area contributed by atoms with E-state index in [2.05, 4.69) is 5.32 Å². The Morgan fingerprint density at radius 3 is 2.61 bits per heavy atom. The van der Waals surface area contributed by atoms with Crippen molar-refractivity contribution in [1.29, 1.82) is 0 Å². The van der Waals surface area contributed by atoms with Crippen LogP contribution in [-0.4, -0.2) is 28.5 Å². The van der Waals surface area contributed by atoms with Crippen LogP contribution >= 0.6 is 23.5 Å². The average Bonchev–Trinajstić information content (AvgIpc) is 3.31. The second kappa shape index (κ2) is 9.63. The fourth-order valence-electron chi connectivity index (χ4n) is 2.88. The van der Waals surface area contributed by atoms with Crippen molar-refractivity contribution in [2.45, 2.75) is 16.9 Å². The molecule has 0 aliphatic carbocycles. The smallest absolute Gasteiger partial charge is 0.294 e. The van der Waals surface area contributed by atoms with Crippen molar-refractivity contribution in [1.82, 2.24) is 4.90 Å². The highest BCUT2D eigenvalue weighted by molar-refractivity contribution is 8.18. The van der Waals surface area contributed by atoms with Crippen molar-refractivity contribution in [3.63, 3.8) is 0 Å². The van der Waals surface area contributed by atoms with E-state index in [0.717, 1.165) is 27.5 Å². The Morgan fingerprint density at radius 1 is 1.12 bits per heavy atom. The summed E-state index contributed by atoms with van der Waals surface area (Å²) in [7, 11) is 0. The van der Waals surface area contributed by atoms with Crippen LogP contribution in [0.3, 0.4) is 0 Å². The maximum atomic E-state index is 13.7. The van der Waals surface area contributed by atoms with Gasteiger partial charge in [0.15, 0.2) is 5.09 Å². The lowest BCUT2D eigenvalue weighted by Gasteiger charge is -2.12. The van der Waals surface area contributed by atoms with Gasteiger partial charge in [-0.2, -0.15) is 0 Å². The molecule has 33 heavy (non-hydrogen) atoms. The van der Waals surface area contributed by atoms with Crippen molar-refractivity contribution in [2.75, 3.05) is 11.9 Å². The molecule has 1 aliphatic rings. The number of carbonyl (C=O) groups is 3. The molecular formula is C23H16F2N2O4S2. The van der Waals surface area contributed by atoms with Gasteiger partial charge in [-0.15, -0.1) is 0 Å². The van der Waals surface area contributed by atoms with Gasteiger partial charge in [-0.05, 0) is 55.1 Å². The number of rotatable bonds is 6. The number of carbonyl (C=O) groups excluding carboxylic acids is 3. The van der Waals surface area contributed by atoms with Crippen molar-refractivity contribution in [3.05, 3.63) is 82.5 Å². The SMILES string of the molecule is Cc1ccc(Sc2ccc(C=C3SC(=O)N(CC(=O)Nc4ccc(F)cc4F)C3=O)o2)cc1. The summed E-state index contributed by atoms with van der Waals surface area (Å²) >= 11 is 2.09. The number of halogens is 2. The first-order chi connectivity index (χ1) is 15.8. The number of nitrogens with zero attached hydrogens (tertiary/aromatic N) is 1. The van der Waals surface area contributed by atoms with Gasteiger partial charge in [0.2, 0.25) is 5.91 Å². The van der Waals surface area contributed by atoms with Crippen molar-refractivity contribution >= 4 is 52.3 Å². The molecule has 1 aliphatic heterocycles. The Bertz CT molecular complexity index is 1270. The second-order valence-electron chi connectivity index (χ2n) is 7.01. The zero-order valence-electron chi connectivity index (χ0n) is 17.1. The van der Waals surface area contributed by atoms with Crippen LogP contribution in [0.2, 0.25) is 0 Å². The zero-order valence-corrected chi connectivity index (χ0v) is 18.8. The molecule has 2 heterocycles. The molecule has 168 valence electrons. The highest BCUT2D eigenvalue weighted by Crippen LogP contribution is 2.34. The van der Waals surface area contributed by atoms with E-state index in [4.69, 9.17) is 4.42 Å². The standard InChI is InChI=1S/C23H16F2N2O4S2/c1-13-2-6-16(7-3-13)32-21-9-5-15(31-21)11-19-22(29)27(23(30)33-19)12-20(28)26-18-8-4-14(24)10-17(18)25/h2-11H,12H2,1H3,(H,26,28). The molecule has 4 rings (SSSR count). The number of benzene rings is 2. The molecule has 0 bridgehead atoms. The lowest BCUT2D eigenvalue weighted by atomic mass is 10.2. The summed E-state index contributed by atoms with van der Waals surface area (Å²) in [5.41, 5.74) is 0.893. The number of aryl methyl sites for hydroxylation is 1. The first-order valence-corrected chi connectivity index (χ1v) is 11.3. The van der Waals surface area contributed by atoms with E-state index in [0.29, 0.717) is 28.7 Å². The molecule has 2 aromatic carbocycles. The minimum Gasteiger partial charge on any atom is -0.450 e. The fourth-order valence-corrected chi connectivity index (χ4v) is 4.48. The third-order valence-electron chi connectivity index (χ3n) is 4.50. The summed E-state index contributed by atoms with van der Waals surface area (Å²) in [4.78, 5) is 38.9. The topological polar surface area (TPSA) is 79.6 Å². The van der Waals surface area contributed by atoms with Crippen molar-refractivity contribution in [3.8, 4) is 0 Å². The van der Waals surface area contributed by atoms with Gasteiger partial charge in [0.25, 0.3) is 11.1 Å². The van der Waals surface area contributed by atoms with Crippen LogP contribution in [0.5, 0.6) is 0 Å². The molecule has 0 spiro atoms. The summed E-state index contributed by atoms with van der Waals surface area (Å²) in [5.74, 6) is -2.83. The molecular weight excluding hydrogens is 470 g/mol. The molecule has 0 unspecified atom stereocenters. The maximum Gasteiger partial charge on any atom is 0.294 e. The van der Waals surface area contributed by atoms with Gasteiger partial charge in [-0.25, -0.2) is 8.78 Å². The van der Waals surface area contributed by atoms with Gasteiger partial charge in [-0.1, -0.05) is 29.5 Å². The summed E-state index contributed by atoms with van der Waals surface area (Å²) < 4.78 is 32.4. The molecule has 1 saturated heterocycles. The first kappa shape index (κ1) is 22.8. The molecule has 6 nitrogen and oxygen atoms in total. The van der Waals surface area contributed by atoms with Crippen LogP contribution in [0.15, 0.2) is 73.9 Å². The van der Waals surface area contributed by atoms with Crippen LogP contribution in [0.4, 0.5) is 19.3 Å².